The third-order valence-corrected chi connectivity index (χ3v) is 3.42. The van der Waals surface area contributed by atoms with Crippen LogP contribution < -0.4 is 10.1 Å². The van der Waals surface area contributed by atoms with Gasteiger partial charge >= 0.3 is 0 Å². The van der Waals surface area contributed by atoms with Crippen molar-refractivity contribution in [3.8, 4) is 5.75 Å². The average molecular weight is 203 g/mol. The van der Waals surface area contributed by atoms with Crippen LogP contribution >= 0.6 is 0 Å². The van der Waals surface area contributed by atoms with Crippen molar-refractivity contribution in [1.82, 2.24) is 5.32 Å². The van der Waals surface area contributed by atoms with Crippen LogP contribution in [0.3, 0.4) is 0 Å². The lowest BCUT2D eigenvalue weighted by Crippen LogP contribution is -2.23. The predicted molar refractivity (Wildman–Crippen MR) is 60.4 cm³/mol. The van der Waals surface area contributed by atoms with E-state index in [0.717, 1.165) is 19.4 Å². The van der Waals surface area contributed by atoms with Crippen molar-refractivity contribution in [2.45, 2.75) is 31.7 Å². The summed E-state index contributed by atoms with van der Waals surface area (Å²) < 4.78 is 5.71. The highest BCUT2D eigenvalue weighted by Gasteiger charge is 2.20. The maximum Gasteiger partial charge on any atom is 0.125 e. The fourth-order valence-corrected chi connectivity index (χ4v) is 2.64. The zero-order valence-electron chi connectivity index (χ0n) is 8.96. The summed E-state index contributed by atoms with van der Waals surface area (Å²) in [6.45, 7) is 2.05. The number of benzene rings is 1. The van der Waals surface area contributed by atoms with E-state index in [1.165, 1.54) is 36.3 Å². The standard InChI is InChI=1S/C13H17NO/c1-3-10-6-8-15-13(10)11(4-1)9-12-5-2-7-14-12/h1,3-4,12,14H,2,5-9H2. The first-order valence-electron chi connectivity index (χ1n) is 5.90. The van der Waals surface area contributed by atoms with Crippen LogP contribution in [-0.4, -0.2) is 19.2 Å². The third-order valence-electron chi connectivity index (χ3n) is 3.42. The summed E-state index contributed by atoms with van der Waals surface area (Å²) in [4.78, 5) is 0. The van der Waals surface area contributed by atoms with Gasteiger partial charge in [-0.1, -0.05) is 18.2 Å². The Morgan fingerprint density at radius 1 is 1.40 bits per heavy atom. The molecule has 1 saturated heterocycles. The molecule has 0 saturated carbocycles. The van der Waals surface area contributed by atoms with Crippen molar-refractivity contribution >= 4 is 0 Å². The van der Waals surface area contributed by atoms with Crippen LogP contribution in [0, 0.1) is 0 Å². The van der Waals surface area contributed by atoms with Crippen LogP contribution in [0.2, 0.25) is 0 Å². The van der Waals surface area contributed by atoms with Gasteiger partial charge in [-0.15, -0.1) is 0 Å². The SMILES string of the molecule is c1cc2c(c(CC3CCCN3)c1)OCC2. The van der Waals surface area contributed by atoms with Crippen LogP contribution in [0.25, 0.3) is 0 Å². The van der Waals surface area contributed by atoms with Gasteiger partial charge in [-0.3, -0.25) is 0 Å². The van der Waals surface area contributed by atoms with Gasteiger partial charge in [0.25, 0.3) is 0 Å². The van der Waals surface area contributed by atoms with Gasteiger partial charge in [0.15, 0.2) is 0 Å². The molecule has 1 atom stereocenters. The number of rotatable bonds is 2. The van der Waals surface area contributed by atoms with E-state index in [2.05, 4.69) is 23.5 Å². The fraction of sp³-hybridized carbons (Fsp3) is 0.538. The van der Waals surface area contributed by atoms with E-state index < -0.39 is 0 Å². The Labute approximate surface area is 90.6 Å². The molecule has 0 aliphatic carbocycles. The van der Waals surface area contributed by atoms with E-state index in [1.54, 1.807) is 0 Å². The van der Waals surface area contributed by atoms with Gasteiger partial charge < -0.3 is 10.1 Å². The molecule has 2 aliphatic heterocycles. The van der Waals surface area contributed by atoms with Gasteiger partial charge in [0.05, 0.1) is 6.61 Å². The minimum absolute atomic E-state index is 0.667. The Morgan fingerprint density at radius 2 is 2.40 bits per heavy atom. The molecular weight excluding hydrogens is 186 g/mol. The Bertz CT molecular complexity index is 356. The van der Waals surface area contributed by atoms with Crippen LogP contribution in [0.15, 0.2) is 18.2 Å². The summed E-state index contributed by atoms with van der Waals surface area (Å²) in [7, 11) is 0. The third kappa shape index (κ3) is 1.74. The number of hydrogen-bond acceptors (Lipinski definition) is 2. The van der Waals surface area contributed by atoms with E-state index in [4.69, 9.17) is 4.74 Å². The summed E-state index contributed by atoms with van der Waals surface area (Å²) in [5.41, 5.74) is 2.79. The maximum atomic E-state index is 5.71. The Morgan fingerprint density at radius 3 is 3.27 bits per heavy atom. The lowest BCUT2D eigenvalue weighted by atomic mass is 10.0. The van der Waals surface area contributed by atoms with E-state index in [-0.39, 0.29) is 0 Å². The van der Waals surface area contributed by atoms with Crippen LogP contribution in [0.4, 0.5) is 0 Å². The molecule has 0 spiro atoms. The molecule has 1 aromatic rings. The molecule has 0 aromatic heterocycles. The molecule has 2 aliphatic rings. The molecule has 2 heteroatoms. The summed E-state index contributed by atoms with van der Waals surface area (Å²) >= 11 is 0. The smallest absolute Gasteiger partial charge is 0.125 e. The minimum atomic E-state index is 0.667. The van der Waals surface area contributed by atoms with E-state index >= 15 is 0 Å². The molecular formula is C13H17NO. The van der Waals surface area contributed by atoms with E-state index in [0.29, 0.717) is 6.04 Å². The highest BCUT2D eigenvalue weighted by molar-refractivity contribution is 5.44. The second-order valence-electron chi connectivity index (χ2n) is 4.50. The first-order valence-corrected chi connectivity index (χ1v) is 5.90. The molecule has 0 radical (unpaired) electrons. The van der Waals surface area contributed by atoms with Crippen LogP contribution in [0.1, 0.15) is 24.0 Å². The topological polar surface area (TPSA) is 21.3 Å². The molecule has 2 nitrogen and oxygen atoms in total. The van der Waals surface area contributed by atoms with E-state index in [9.17, 15) is 0 Å². The molecule has 80 valence electrons. The van der Waals surface area contributed by atoms with Crippen LogP contribution in [0.5, 0.6) is 5.75 Å². The van der Waals surface area contributed by atoms with E-state index in [1.807, 2.05) is 0 Å². The van der Waals surface area contributed by atoms with Crippen molar-refractivity contribution < 1.29 is 4.74 Å². The number of fused-ring (bicyclic) bond motifs is 1. The van der Waals surface area contributed by atoms with Crippen molar-refractivity contribution in [3.05, 3.63) is 29.3 Å². The van der Waals surface area contributed by atoms with Gasteiger partial charge in [-0.2, -0.15) is 0 Å². The minimum Gasteiger partial charge on any atom is -0.493 e. The van der Waals surface area contributed by atoms with Gasteiger partial charge in [0, 0.05) is 12.5 Å². The van der Waals surface area contributed by atoms with Crippen molar-refractivity contribution in [2.24, 2.45) is 0 Å². The highest BCUT2D eigenvalue weighted by atomic mass is 16.5. The van der Waals surface area contributed by atoms with Crippen molar-refractivity contribution in [2.75, 3.05) is 13.2 Å². The summed E-state index contributed by atoms with van der Waals surface area (Å²) in [6.07, 6.45) is 4.84. The molecule has 1 N–H and O–H groups in total. The molecule has 1 aromatic carbocycles. The number of ether oxygens (including phenoxy) is 1. The van der Waals surface area contributed by atoms with Gasteiger partial charge in [-0.25, -0.2) is 0 Å². The lowest BCUT2D eigenvalue weighted by molar-refractivity contribution is 0.352. The quantitative estimate of drug-likeness (QED) is 0.793. The van der Waals surface area contributed by atoms with Gasteiger partial charge in [0.2, 0.25) is 0 Å². The number of hydrogen-bond donors (Lipinski definition) is 1. The zero-order chi connectivity index (χ0) is 10.1. The fourth-order valence-electron chi connectivity index (χ4n) is 2.64. The van der Waals surface area contributed by atoms with Gasteiger partial charge in [-0.05, 0) is 36.9 Å². The molecule has 15 heavy (non-hydrogen) atoms. The first-order chi connectivity index (χ1) is 7.43. The monoisotopic (exact) mass is 203 g/mol. The molecule has 1 unspecified atom stereocenters. The molecule has 0 amide bonds. The zero-order valence-corrected chi connectivity index (χ0v) is 8.96. The molecule has 3 rings (SSSR count). The average Bonchev–Trinajstić information content (AvgIpc) is 2.87. The largest absolute Gasteiger partial charge is 0.493 e. The summed E-state index contributed by atoms with van der Waals surface area (Å²) in [5.74, 6) is 1.17. The first kappa shape index (κ1) is 9.22. The summed E-state index contributed by atoms with van der Waals surface area (Å²) in [6, 6.07) is 7.23. The van der Waals surface area contributed by atoms with Crippen molar-refractivity contribution in [3.63, 3.8) is 0 Å². The molecule has 0 bridgehead atoms. The maximum absolute atomic E-state index is 5.71. The summed E-state index contributed by atoms with van der Waals surface area (Å²) in [5, 5.41) is 3.54. The highest BCUT2D eigenvalue weighted by Crippen LogP contribution is 2.30. The van der Waals surface area contributed by atoms with Crippen molar-refractivity contribution in [1.29, 1.82) is 0 Å². The van der Waals surface area contributed by atoms with Gasteiger partial charge in [0.1, 0.15) is 5.75 Å². The molecule has 1 fully saturated rings. The lowest BCUT2D eigenvalue weighted by Gasteiger charge is -2.12. The normalized spacial score (nSPS) is 23.9. The number of para-hydroxylation sites is 1. The molecule has 2 heterocycles. The number of nitrogens with one attached hydrogen (secondary N) is 1. The van der Waals surface area contributed by atoms with Crippen LogP contribution in [-0.2, 0) is 12.8 Å². The Hall–Kier alpha value is -1.02. The second kappa shape index (κ2) is 3.86. The predicted octanol–water partition coefficient (Wildman–Crippen LogP) is 1.92. The Balaban J connectivity index is 1.82. The second-order valence-corrected chi connectivity index (χ2v) is 4.50. The Kier molecular flexibility index (Phi) is 2.37.